The van der Waals surface area contributed by atoms with Crippen molar-refractivity contribution < 1.29 is 4.79 Å². The van der Waals surface area contributed by atoms with Crippen molar-refractivity contribution in [1.29, 1.82) is 0 Å². The number of carbonyl (C=O) groups is 1. The third kappa shape index (κ3) is 2.89. The van der Waals surface area contributed by atoms with E-state index in [1.54, 1.807) is 24.4 Å². The minimum atomic E-state index is -0.299. The number of nitrogens with zero attached hydrogens (tertiary/aromatic N) is 3. The Labute approximate surface area is 132 Å². The Hall–Kier alpha value is -2.53. The molecule has 0 saturated heterocycles. The average molecular weight is 313 g/mol. The minimum Gasteiger partial charge on any atom is -0.343 e. The fourth-order valence-electron chi connectivity index (χ4n) is 2.09. The van der Waals surface area contributed by atoms with Gasteiger partial charge in [0, 0.05) is 6.20 Å². The molecule has 5 nitrogen and oxygen atoms in total. The molecule has 1 N–H and O–H groups in total. The predicted molar refractivity (Wildman–Crippen MR) is 84.7 cm³/mol. The summed E-state index contributed by atoms with van der Waals surface area (Å²) in [5.74, 6) is -0.299. The van der Waals surface area contributed by atoms with Gasteiger partial charge in [-0.2, -0.15) is 0 Å². The van der Waals surface area contributed by atoms with Crippen molar-refractivity contribution in [2.24, 2.45) is 0 Å². The van der Waals surface area contributed by atoms with Gasteiger partial charge in [0.1, 0.15) is 11.2 Å². The highest BCUT2D eigenvalue weighted by Crippen LogP contribution is 2.19. The molecule has 0 aliphatic rings. The van der Waals surface area contributed by atoms with Crippen LogP contribution in [0.5, 0.6) is 0 Å². The van der Waals surface area contributed by atoms with Gasteiger partial charge < -0.3 is 5.32 Å². The van der Waals surface area contributed by atoms with Crippen molar-refractivity contribution in [3.8, 4) is 0 Å². The first kappa shape index (κ1) is 14.4. The molecule has 3 aromatic rings. The predicted octanol–water partition coefficient (Wildman–Crippen LogP) is 3.17. The molecule has 22 heavy (non-hydrogen) atoms. The van der Waals surface area contributed by atoms with Gasteiger partial charge in [0.15, 0.2) is 0 Å². The molecule has 3 rings (SSSR count). The molecule has 0 bridgehead atoms. The summed E-state index contributed by atoms with van der Waals surface area (Å²) in [5.41, 5.74) is 2.20. The molecule has 0 saturated carbocycles. The highest BCUT2D eigenvalue weighted by molar-refractivity contribution is 6.34. The number of amides is 1. The Balaban J connectivity index is 1.83. The maximum Gasteiger partial charge on any atom is 0.272 e. The first-order valence-electron chi connectivity index (χ1n) is 6.78. The van der Waals surface area contributed by atoms with Gasteiger partial charge in [0.2, 0.25) is 0 Å². The Morgan fingerprint density at radius 2 is 2.05 bits per heavy atom. The second-order valence-corrected chi connectivity index (χ2v) is 5.22. The highest BCUT2D eigenvalue weighted by Gasteiger charge is 2.14. The summed E-state index contributed by atoms with van der Waals surface area (Å²) < 4.78 is 0. The largest absolute Gasteiger partial charge is 0.343 e. The lowest BCUT2D eigenvalue weighted by molar-refractivity contribution is 0.0934. The van der Waals surface area contributed by atoms with E-state index in [-0.39, 0.29) is 17.6 Å². The number of para-hydroxylation sites is 1. The van der Waals surface area contributed by atoms with Gasteiger partial charge in [-0.15, -0.1) is 0 Å². The van der Waals surface area contributed by atoms with Crippen LogP contribution in [-0.2, 0) is 0 Å². The van der Waals surface area contributed by atoms with Crippen molar-refractivity contribution in [3.63, 3.8) is 0 Å². The summed E-state index contributed by atoms with van der Waals surface area (Å²) in [6.45, 7) is 1.87. The number of hydrogen-bond donors (Lipinski definition) is 1. The normalized spacial score (nSPS) is 12.1. The van der Waals surface area contributed by atoms with E-state index >= 15 is 0 Å². The van der Waals surface area contributed by atoms with Crippen LogP contribution in [0.25, 0.3) is 11.0 Å². The van der Waals surface area contributed by atoms with E-state index in [1.807, 2.05) is 25.1 Å². The molecule has 1 aromatic carbocycles. The molecule has 0 fully saturated rings. The van der Waals surface area contributed by atoms with Crippen molar-refractivity contribution >= 4 is 28.5 Å². The van der Waals surface area contributed by atoms with Gasteiger partial charge in [-0.3, -0.25) is 14.8 Å². The lowest BCUT2D eigenvalue weighted by Crippen LogP contribution is -2.28. The summed E-state index contributed by atoms with van der Waals surface area (Å²) in [7, 11) is 0. The van der Waals surface area contributed by atoms with Gasteiger partial charge in [0.05, 0.1) is 28.5 Å². The summed E-state index contributed by atoms with van der Waals surface area (Å²) in [5, 5.41) is 3.37. The molecule has 110 valence electrons. The SMILES string of the molecule is C[C@H](NC(=O)c1cnc2c(Cl)cccc2n1)c1ccccn1. The zero-order chi connectivity index (χ0) is 15.5. The summed E-state index contributed by atoms with van der Waals surface area (Å²) in [6.07, 6.45) is 3.12. The Morgan fingerprint density at radius 1 is 1.18 bits per heavy atom. The van der Waals surface area contributed by atoms with Crippen LogP contribution in [-0.4, -0.2) is 20.9 Å². The third-order valence-corrected chi connectivity index (χ3v) is 3.54. The van der Waals surface area contributed by atoms with Crippen LogP contribution in [0.2, 0.25) is 5.02 Å². The van der Waals surface area contributed by atoms with Crippen LogP contribution in [0.15, 0.2) is 48.8 Å². The van der Waals surface area contributed by atoms with E-state index in [1.165, 1.54) is 6.20 Å². The number of benzene rings is 1. The molecule has 0 radical (unpaired) electrons. The molecule has 2 heterocycles. The molecule has 0 aliphatic heterocycles. The molecule has 0 unspecified atom stereocenters. The quantitative estimate of drug-likeness (QED) is 0.806. The lowest BCUT2D eigenvalue weighted by atomic mass is 10.2. The summed E-state index contributed by atoms with van der Waals surface area (Å²) in [4.78, 5) is 25.0. The molecule has 2 aromatic heterocycles. The topological polar surface area (TPSA) is 67.8 Å². The fourth-order valence-corrected chi connectivity index (χ4v) is 2.31. The lowest BCUT2D eigenvalue weighted by Gasteiger charge is -2.13. The molecular formula is C16H13ClN4O. The summed E-state index contributed by atoms with van der Waals surface area (Å²) in [6, 6.07) is 10.6. The van der Waals surface area contributed by atoms with Gasteiger partial charge in [-0.05, 0) is 31.2 Å². The number of carbonyl (C=O) groups excluding carboxylic acids is 1. The van der Waals surface area contributed by atoms with Crippen molar-refractivity contribution in [2.75, 3.05) is 0 Å². The number of fused-ring (bicyclic) bond motifs is 1. The second-order valence-electron chi connectivity index (χ2n) is 4.81. The maximum absolute atomic E-state index is 12.3. The molecule has 1 amide bonds. The van der Waals surface area contributed by atoms with Crippen molar-refractivity contribution in [3.05, 3.63) is 65.2 Å². The first-order valence-corrected chi connectivity index (χ1v) is 7.16. The zero-order valence-corrected chi connectivity index (χ0v) is 12.6. The minimum absolute atomic E-state index is 0.217. The molecule has 1 atom stereocenters. The maximum atomic E-state index is 12.3. The molecule has 6 heteroatoms. The monoisotopic (exact) mass is 312 g/mol. The van der Waals surface area contributed by atoms with E-state index in [0.717, 1.165) is 5.69 Å². The highest BCUT2D eigenvalue weighted by atomic mass is 35.5. The third-order valence-electron chi connectivity index (χ3n) is 3.23. The van der Waals surface area contributed by atoms with Gasteiger partial charge in [0.25, 0.3) is 5.91 Å². The number of nitrogens with one attached hydrogen (secondary N) is 1. The van der Waals surface area contributed by atoms with Crippen LogP contribution in [0.4, 0.5) is 0 Å². The van der Waals surface area contributed by atoms with E-state index in [9.17, 15) is 4.79 Å². The van der Waals surface area contributed by atoms with Gasteiger partial charge >= 0.3 is 0 Å². The van der Waals surface area contributed by atoms with Crippen LogP contribution in [0, 0.1) is 0 Å². The van der Waals surface area contributed by atoms with Crippen LogP contribution >= 0.6 is 11.6 Å². The van der Waals surface area contributed by atoms with Crippen LogP contribution < -0.4 is 5.32 Å². The number of pyridine rings is 1. The standard InChI is InChI=1S/C16H13ClN4O/c1-10(12-6-2-3-8-18-12)20-16(22)14-9-19-15-11(17)5-4-7-13(15)21-14/h2-10H,1H3,(H,20,22)/t10-/m0/s1. The average Bonchev–Trinajstić information content (AvgIpc) is 2.55. The smallest absolute Gasteiger partial charge is 0.272 e. The van der Waals surface area contributed by atoms with E-state index in [4.69, 9.17) is 11.6 Å². The first-order chi connectivity index (χ1) is 10.6. The van der Waals surface area contributed by atoms with Crippen molar-refractivity contribution in [2.45, 2.75) is 13.0 Å². The van der Waals surface area contributed by atoms with E-state index in [2.05, 4.69) is 20.3 Å². The second kappa shape index (κ2) is 6.07. The Kier molecular flexibility index (Phi) is 3.98. The van der Waals surface area contributed by atoms with Gasteiger partial charge in [-0.25, -0.2) is 4.98 Å². The molecule has 0 aliphatic carbocycles. The summed E-state index contributed by atoms with van der Waals surface area (Å²) >= 11 is 6.04. The number of halogens is 1. The van der Waals surface area contributed by atoms with Crippen LogP contribution in [0.1, 0.15) is 29.1 Å². The number of rotatable bonds is 3. The number of aromatic nitrogens is 3. The fraction of sp³-hybridized carbons (Fsp3) is 0.125. The zero-order valence-electron chi connectivity index (χ0n) is 11.8. The van der Waals surface area contributed by atoms with E-state index in [0.29, 0.717) is 16.1 Å². The molecular weight excluding hydrogens is 300 g/mol. The Bertz CT molecular complexity index is 823. The van der Waals surface area contributed by atoms with Gasteiger partial charge in [-0.1, -0.05) is 23.7 Å². The van der Waals surface area contributed by atoms with E-state index < -0.39 is 0 Å². The van der Waals surface area contributed by atoms with Crippen LogP contribution in [0.3, 0.4) is 0 Å². The molecule has 0 spiro atoms. The Morgan fingerprint density at radius 3 is 2.82 bits per heavy atom. The number of hydrogen-bond acceptors (Lipinski definition) is 4. The van der Waals surface area contributed by atoms with Crippen molar-refractivity contribution in [1.82, 2.24) is 20.3 Å².